The van der Waals surface area contributed by atoms with Crippen LogP contribution in [-0.4, -0.2) is 17.1 Å². The molecule has 0 aromatic rings. The molecule has 0 amide bonds. The average Bonchev–Trinajstić information content (AvgIpc) is 1.93. The van der Waals surface area contributed by atoms with Gasteiger partial charge in [-0.2, -0.15) is 0 Å². The lowest BCUT2D eigenvalue weighted by molar-refractivity contribution is 0.583. The molecule has 1 heterocycles. The van der Waals surface area contributed by atoms with Crippen LogP contribution in [0.3, 0.4) is 0 Å². The summed E-state index contributed by atoms with van der Waals surface area (Å²) in [4.78, 5) is 5.54. The first-order valence-electron chi connectivity index (χ1n) is 4.20. The molecule has 0 aromatic heterocycles. The van der Waals surface area contributed by atoms with Crippen LogP contribution in [-0.2, 0) is 0 Å². The van der Waals surface area contributed by atoms with Crippen molar-refractivity contribution in [1.29, 1.82) is 0 Å². The van der Waals surface area contributed by atoms with Gasteiger partial charge in [-0.3, -0.25) is 4.99 Å². The fourth-order valence-electron chi connectivity index (χ4n) is 1.53. The molecule has 62 valence electrons. The second-order valence-corrected chi connectivity index (χ2v) is 3.97. The van der Waals surface area contributed by atoms with Crippen LogP contribution >= 0.6 is 12.2 Å². The minimum atomic E-state index is 0.654. The van der Waals surface area contributed by atoms with E-state index in [-0.39, 0.29) is 0 Å². The Bertz CT molecular complexity index is 184. The molecule has 0 saturated carbocycles. The van der Waals surface area contributed by atoms with Crippen molar-refractivity contribution in [2.45, 2.75) is 33.1 Å². The van der Waals surface area contributed by atoms with Crippen LogP contribution in [0.25, 0.3) is 0 Å². The van der Waals surface area contributed by atoms with Gasteiger partial charge in [-0.15, -0.1) is 0 Å². The molecular weight excluding hydrogens is 154 g/mol. The van der Waals surface area contributed by atoms with Gasteiger partial charge in [-0.1, -0.05) is 12.2 Å². The molecule has 0 aromatic carbocycles. The molecule has 2 heteroatoms. The van der Waals surface area contributed by atoms with E-state index in [0.29, 0.717) is 5.92 Å². The average molecular weight is 169 g/mol. The van der Waals surface area contributed by atoms with E-state index in [4.69, 9.17) is 12.2 Å². The maximum Gasteiger partial charge on any atom is 0.0388 e. The zero-order valence-electron chi connectivity index (χ0n) is 7.26. The van der Waals surface area contributed by atoms with E-state index in [2.05, 4.69) is 11.9 Å². The monoisotopic (exact) mass is 169 g/mol. The first-order valence-corrected chi connectivity index (χ1v) is 4.61. The minimum absolute atomic E-state index is 0.654. The van der Waals surface area contributed by atoms with Gasteiger partial charge < -0.3 is 0 Å². The van der Waals surface area contributed by atoms with Gasteiger partial charge in [0, 0.05) is 18.2 Å². The van der Waals surface area contributed by atoms with Crippen molar-refractivity contribution in [2.75, 3.05) is 6.54 Å². The van der Waals surface area contributed by atoms with Crippen molar-refractivity contribution in [3.63, 3.8) is 0 Å². The molecule has 0 bridgehead atoms. The minimum Gasteiger partial charge on any atom is -0.294 e. The summed E-state index contributed by atoms with van der Waals surface area (Å²) < 4.78 is 0. The summed E-state index contributed by atoms with van der Waals surface area (Å²) in [5.41, 5.74) is 1.31. The normalized spacial score (nSPS) is 24.5. The zero-order chi connectivity index (χ0) is 8.27. The first-order chi connectivity index (χ1) is 5.20. The summed E-state index contributed by atoms with van der Waals surface area (Å²) >= 11 is 5.07. The van der Waals surface area contributed by atoms with E-state index in [1.807, 2.05) is 6.92 Å². The molecule has 1 unspecified atom stereocenters. The number of hydrogen-bond donors (Lipinski definition) is 0. The van der Waals surface area contributed by atoms with E-state index in [1.54, 1.807) is 0 Å². The Morgan fingerprint density at radius 1 is 1.73 bits per heavy atom. The zero-order valence-corrected chi connectivity index (χ0v) is 8.08. The van der Waals surface area contributed by atoms with Crippen molar-refractivity contribution < 1.29 is 0 Å². The molecule has 1 nitrogen and oxygen atoms in total. The van der Waals surface area contributed by atoms with E-state index in [9.17, 15) is 0 Å². The number of hydrogen-bond acceptors (Lipinski definition) is 2. The Morgan fingerprint density at radius 2 is 2.45 bits per heavy atom. The van der Waals surface area contributed by atoms with Gasteiger partial charge in [0.05, 0.1) is 0 Å². The van der Waals surface area contributed by atoms with E-state index in [1.165, 1.54) is 18.6 Å². The highest BCUT2D eigenvalue weighted by molar-refractivity contribution is 7.80. The second kappa shape index (κ2) is 3.96. The van der Waals surface area contributed by atoms with Gasteiger partial charge in [0.15, 0.2) is 0 Å². The Balaban J connectivity index is 2.50. The van der Waals surface area contributed by atoms with Crippen molar-refractivity contribution in [3.05, 3.63) is 0 Å². The molecular formula is C9H15NS. The third-order valence-corrected chi connectivity index (χ3v) is 2.36. The topological polar surface area (TPSA) is 12.4 Å². The predicted octanol–water partition coefficient (Wildman–Crippen LogP) is 2.64. The molecule has 0 N–H and O–H groups in total. The highest BCUT2D eigenvalue weighted by atomic mass is 32.1. The Morgan fingerprint density at radius 3 is 3.00 bits per heavy atom. The Hall–Kier alpha value is -0.240. The summed E-state index contributed by atoms with van der Waals surface area (Å²) in [6.45, 7) is 5.18. The summed E-state index contributed by atoms with van der Waals surface area (Å²) in [6.07, 6.45) is 3.58. The third-order valence-electron chi connectivity index (χ3n) is 2.20. The molecule has 0 spiro atoms. The maximum atomic E-state index is 5.07. The van der Waals surface area contributed by atoms with Crippen molar-refractivity contribution in [3.8, 4) is 0 Å². The molecule has 1 aliphatic rings. The molecule has 0 radical (unpaired) electrons. The van der Waals surface area contributed by atoms with E-state index < -0.39 is 0 Å². The number of aliphatic imine (C=N–C) groups is 1. The maximum absolute atomic E-state index is 5.07. The first kappa shape index (κ1) is 8.85. The van der Waals surface area contributed by atoms with Crippen LogP contribution in [0.4, 0.5) is 0 Å². The van der Waals surface area contributed by atoms with Gasteiger partial charge >= 0.3 is 0 Å². The molecule has 1 aliphatic heterocycles. The van der Waals surface area contributed by atoms with Gasteiger partial charge in [-0.05, 0) is 38.0 Å². The third kappa shape index (κ3) is 2.70. The second-order valence-electron chi connectivity index (χ2n) is 3.27. The number of rotatable bonds is 2. The van der Waals surface area contributed by atoms with Gasteiger partial charge in [0.2, 0.25) is 0 Å². The van der Waals surface area contributed by atoms with Crippen LogP contribution in [0.5, 0.6) is 0 Å². The molecule has 0 aliphatic carbocycles. The van der Waals surface area contributed by atoms with Gasteiger partial charge in [-0.25, -0.2) is 0 Å². The van der Waals surface area contributed by atoms with E-state index >= 15 is 0 Å². The van der Waals surface area contributed by atoms with Crippen LogP contribution in [0, 0.1) is 5.92 Å². The molecule has 1 atom stereocenters. The summed E-state index contributed by atoms with van der Waals surface area (Å²) in [5.74, 6) is 0.654. The molecule has 0 fully saturated rings. The predicted molar refractivity (Wildman–Crippen MR) is 53.6 cm³/mol. The van der Waals surface area contributed by atoms with Crippen LogP contribution in [0.1, 0.15) is 33.1 Å². The standard InChI is InChI=1S/C9H15NS/c1-7(11)6-9-4-3-5-10-8(9)2/h9H,3-6H2,1-2H3. The van der Waals surface area contributed by atoms with Crippen LogP contribution in [0.2, 0.25) is 0 Å². The lowest BCUT2D eigenvalue weighted by atomic mass is 9.91. The highest BCUT2D eigenvalue weighted by Crippen LogP contribution is 2.18. The van der Waals surface area contributed by atoms with Crippen molar-refractivity contribution in [1.82, 2.24) is 0 Å². The fraction of sp³-hybridized carbons (Fsp3) is 0.778. The van der Waals surface area contributed by atoms with Gasteiger partial charge in [0.1, 0.15) is 0 Å². The summed E-state index contributed by atoms with van der Waals surface area (Å²) in [5, 5.41) is 0. The lowest BCUT2D eigenvalue weighted by Gasteiger charge is -2.19. The fourth-order valence-corrected chi connectivity index (χ4v) is 1.73. The highest BCUT2D eigenvalue weighted by Gasteiger charge is 2.15. The smallest absolute Gasteiger partial charge is 0.0388 e. The lowest BCUT2D eigenvalue weighted by Crippen LogP contribution is -2.18. The van der Waals surface area contributed by atoms with Crippen LogP contribution < -0.4 is 0 Å². The SMILES string of the molecule is CC(=S)CC1CCCN=C1C. The number of nitrogens with zero attached hydrogens (tertiary/aromatic N) is 1. The summed E-state index contributed by atoms with van der Waals surface area (Å²) in [6, 6.07) is 0. The van der Waals surface area contributed by atoms with Crippen LogP contribution in [0.15, 0.2) is 4.99 Å². The largest absolute Gasteiger partial charge is 0.294 e. The summed E-state index contributed by atoms with van der Waals surface area (Å²) in [7, 11) is 0. The quantitative estimate of drug-likeness (QED) is 0.579. The Kier molecular flexibility index (Phi) is 3.18. The molecule has 0 saturated heterocycles. The van der Waals surface area contributed by atoms with Crippen molar-refractivity contribution >= 4 is 22.8 Å². The molecule has 1 rings (SSSR count). The van der Waals surface area contributed by atoms with E-state index in [0.717, 1.165) is 17.8 Å². The Labute approximate surface area is 73.9 Å². The van der Waals surface area contributed by atoms with Gasteiger partial charge in [0.25, 0.3) is 0 Å². The molecule has 11 heavy (non-hydrogen) atoms. The number of thiocarbonyl (C=S) groups is 1. The van der Waals surface area contributed by atoms with Crippen molar-refractivity contribution in [2.24, 2.45) is 10.9 Å².